The normalized spacial score (nSPS) is 11.4. The third-order valence-corrected chi connectivity index (χ3v) is 5.93. The van der Waals surface area contributed by atoms with Crippen molar-refractivity contribution in [3.05, 3.63) is 94.2 Å². The molecule has 1 heterocycles. The number of nitrogens with zero attached hydrogens (tertiary/aromatic N) is 3. The van der Waals surface area contributed by atoms with Crippen LogP contribution in [-0.2, 0) is 7.05 Å². The fourth-order valence-corrected chi connectivity index (χ4v) is 4.04. The molecule has 0 atom stereocenters. The fourth-order valence-electron chi connectivity index (χ4n) is 3.22. The number of hydrogen-bond donors (Lipinski definition) is 0. The van der Waals surface area contributed by atoms with Gasteiger partial charge in [0.05, 0.1) is 10.6 Å². The number of benzene rings is 3. The number of aromatic nitrogens is 1. The first-order valence-electron chi connectivity index (χ1n) is 9.13. The van der Waals surface area contributed by atoms with E-state index in [1.54, 1.807) is 23.9 Å². The summed E-state index contributed by atoms with van der Waals surface area (Å²) in [6.45, 7) is 2.10. The fraction of sp³-hybridized carbons (Fsp3) is 0.0870. The number of nitro groups is 1. The van der Waals surface area contributed by atoms with Gasteiger partial charge in [0.25, 0.3) is 5.69 Å². The van der Waals surface area contributed by atoms with Crippen LogP contribution in [0, 0.1) is 17.0 Å². The second-order valence-electron chi connectivity index (χ2n) is 6.68. The van der Waals surface area contributed by atoms with Crippen molar-refractivity contribution >= 4 is 40.3 Å². The number of non-ortho nitro benzene ring substituents is 1. The Hall–Kier alpha value is -3.38. The van der Waals surface area contributed by atoms with Crippen LogP contribution in [0.5, 0.6) is 0 Å². The first kappa shape index (κ1) is 19.0. The van der Waals surface area contributed by atoms with Crippen LogP contribution in [-0.4, -0.2) is 15.7 Å². The van der Waals surface area contributed by atoms with Gasteiger partial charge < -0.3 is 4.57 Å². The molecule has 0 aliphatic carbocycles. The molecule has 0 aliphatic rings. The minimum absolute atomic E-state index is 0.0998. The Morgan fingerprint density at radius 3 is 2.24 bits per heavy atom. The standard InChI is InChI=1S/C23H19N3O2S/c1-16-22(21-5-3-4-6-23(21)25(16)2)15-24-17-7-11-19(12-8-17)29-20-13-9-18(10-14-20)26(27)28/h3-15H,1-2H3. The lowest BCUT2D eigenvalue weighted by Gasteiger charge is -2.02. The zero-order valence-corrected chi connectivity index (χ0v) is 16.9. The molecule has 0 spiro atoms. The molecule has 0 aliphatic heterocycles. The van der Waals surface area contributed by atoms with E-state index in [2.05, 4.69) is 35.7 Å². The zero-order chi connectivity index (χ0) is 20.4. The highest BCUT2D eigenvalue weighted by atomic mass is 32.2. The monoisotopic (exact) mass is 401 g/mol. The van der Waals surface area contributed by atoms with Gasteiger partial charge in [-0.1, -0.05) is 30.0 Å². The Morgan fingerprint density at radius 1 is 0.966 bits per heavy atom. The highest BCUT2D eigenvalue weighted by Gasteiger charge is 2.09. The SMILES string of the molecule is Cc1c(C=Nc2ccc(Sc3ccc([N+](=O)[O-])cc3)cc2)c2ccccc2n1C. The van der Waals surface area contributed by atoms with Crippen LogP contribution < -0.4 is 0 Å². The van der Waals surface area contributed by atoms with Crippen molar-refractivity contribution in [2.45, 2.75) is 16.7 Å². The molecule has 0 fully saturated rings. The van der Waals surface area contributed by atoms with Gasteiger partial charge >= 0.3 is 0 Å². The highest BCUT2D eigenvalue weighted by molar-refractivity contribution is 7.99. The Kier molecular flexibility index (Phi) is 5.18. The van der Waals surface area contributed by atoms with E-state index in [1.807, 2.05) is 42.6 Å². The Balaban J connectivity index is 1.51. The van der Waals surface area contributed by atoms with Crippen LogP contribution >= 0.6 is 11.8 Å². The predicted molar refractivity (Wildman–Crippen MR) is 119 cm³/mol. The molecule has 0 saturated carbocycles. The van der Waals surface area contributed by atoms with E-state index in [1.165, 1.54) is 28.7 Å². The largest absolute Gasteiger partial charge is 0.347 e. The maximum Gasteiger partial charge on any atom is 0.269 e. The average Bonchev–Trinajstić information content (AvgIpc) is 2.98. The summed E-state index contributed by atoms with van der Waals surface area (Å²) in [6.07, 6.45) is 1.93. The van der Waals surface area contributed by atoms with Crippen molar-refractivity contribution in [1.82, 2.24) is 4.57 Å². The minimum Gasteiger partial charge on any atom is -0.347 e. The molecule has 0 N–H and O–H groups in total. The Bertz CT molecular complexity index is 1210. The maximum atomic E-state index is 10.8. The van der Waals surface area contributed by atoms with E-state index >= 15 is 0 Å². The number of fused-ring (bicyclic) bond motifs is 1. The van der Waals surface area contributed by atoms with Crippen molar-refractivity contribution in [1.29, 1.82) is 0 Å². The summed E-state index contributed by atoms with van der Waals surface area (Å²) in [4.78, 5) is 17.0. The van der Waals surface area contributed by atoms with E-state index in [0.29, 0.717) is 0 Å². The second kappa shape index (κ2) is 7.93. The molecule has 5 nitrogen and oxygen atoms in total. The topological polar surface area (TPSA) is 60.4 Å². The molecular weight excluding hydrogens is 382 g/mol. The van der Waals surface area contributed by atoms with Crippen LogP contribution in [0.3, 0.4) is 0 Å². The van der Waals surface area contributed by atoms with Gasteiger partial charge in [-0.25, -0.2) is 0 Å². The van der Waals surface area contributed by atoms with Gasteiger partial charge in [0.2, 0.25) is 0 Å². The molecule has 0 radical (unpaired) electrons. The van der Waals surface area contributed by atoms with Crippen molar-refractivity contribution in [3.8, 4) is 0 Å². The van der Waals surface area contributed by atoms with Gasteiger partial charge in [0, 0.05) is 57.3 Å². The number of aryl methyl sites for hydroxylation is 1. The average molecular weight is 401 g/mol. The molecule has 0 unspecified atom stereocenters. The van der Waals surface area contributed by atoms with Gasteiger partial charge in [-0.15, -0.1) is 0 Å². The molecule has 0 saturated heterocycles. The van der Waals surface area contributed by atoms with Crippen LogP contribution in [0.4, 0.5) is 11.4 Å². The second-order valence-corrected chi connectivity index (χ2v) is 7.83. The van der Waals surface area contributed by atoms with E-state index in [-0.39, 0.29) is 10.6 Å². The third kappa shape index (κ3) is 3.93. The molecule has 144 valence electrons. The van der Waals surface area contributed by atoms with Gasteiger partial charge in [-0.3, -0.25) is 15.1 Å². The van der Waals surface area contributed by atoms with Crippen molar-refractivity contribution in [2.75, 3.05) is 0 Å². The Morgan fingerprint density at radius 2 is 1.59 bits per heavy atom. The molecular formula is C23H19N3O2S. The molecule has 0 bridgehead atoms. The van der Waals surface area contributed by atoms with Crippen molar-refractivity contribution in [2.24, 2.45) is 12.0 Å². The van der Waals surface area contributed by atoms with Crippen molar-refractivity contribution in [3.63, 3.8) is 0 Å². The lowest BCUT2D eigenvalue weighted by Crippen LogP contribution is -1.91. The van der Waals surface area contributed by atoms with Crippen LogP contribution in [0.1, 0.15) is 11.3 Å². The molecule has 4 aromatic rings. The number of aliphatic imine (C=N–C) groups is 1. The smallest absolute Gasteiger partial charge is 0.269 e. The molecule has 4 rings (SSSR count). The summed E-state index contributed by atoms with van der Waals surface area (Å²) in [5, 5.41) is 11.9. The predicted octanol–water partition coefficient (Wildman–Crippen LogP) is 6.30. The summed E-state index contributed by atoms with van der Waals surface area (Å²) < 4.78 is 2.18. The van der Waals surface area contributed by atoms with Crippen LogP contribution in [0.15, 0.2) is 87.6 Å². The van der Waals surface area contributed by atoms with Gasteiger partial charge in [-0.05, 0) is 49.4 Å². The highest BCUT2D eigenvalue weighted by Crippen LogP contribution is 2.30. The summed E-state index contributed by atoms with van der Waals surface area (Å²) in [6, 6.07) is 22.9. The first-order valence-corrected chi connectivity index (χ1v) is 9.95. The molecule has 0 amide bonds. The van der Waals surface area contributed by atoms with E-state index < -0.39 is 0 Å². The number of rotatable bonds is 5. The number of para-hydroxylation sites is 1. The number of nitro benzene ring substituents is 1. The van der Waals surface area contributed by atoms with Crippen LogP contribution in [0.25, 0.3) is 10.9 Å². The van der Waals surface area contributed by atoms with E-state index in [4.69, 9.17) is 0 Å². The molecule has 1 aromatic heterocycles. The minimum atomic E-state index is -0.390. The maximum absolute atomic E-state index is 10.8. The molecule has 3 aromatic carbocycles. The third-order valence-electron chi connectivity index (χ3n) is 4.91. The summed E-state index contributed by atoms with van der Waals surface area (Å²) in [5.41, 5.74) is 4.49. The van der Waals surface area contributed by atoms with Gasteiger partial charge in [-0.2, -0.15) is 0 Å². The first-order chi connectivity index (χ1) is 14.0. The van der Waals surface area contributed by atoms with Crippen LogP contribution in [0.2, 0.25) is 0 Å². The van der Waals surface area contributed by atoms with E-state index in [0.717, 1.165) is 21.0 Å². The molecule has 6 heteroatoms. The lowest BCUT2D eigenvalue weighted by atomic mass is 10.1. The Labute approximate surface area is 172 Å². The lowest BCUT2D eigenvalue weighted by molar-refractivity contribution is -0.384. The zero-order valence-electron chi connectivity index (χ0n) is 16.1. The van der Waals surface area contributed by atoms with Crippen molar-refractivity contribution < 1.29 is 4.92 Å². The quantitative estimate of drug-likeness (QED) is 0.224. The van der Waals surface area contributed by atoms with E-state index in [9.17, 15) is 10.1 Å². The van der Waals surface area contributed by atoms with Gasteiger partial charge in [0.1, 0.15) is 0 Å². The number of hydrogen-bond acceptors (Lipinski definition) is 4. The summed E-state index contributed by atoms with van der Waals surface area (Å²) in [7, 11) is 2.07. The van der Waals surface area contributed by atoms with Gasteiger partial charge in [0.15, 0.2) is 0 Å². The summed E-state index contributed by atoms with van der Waals surface area (Å²) >= 11 is 1.56. The molecule has 29 heavy (non-hydrogen) atoms. The summed E-state index contributed by atoms with van der Waals surface area (Å²) in [5.74, 6) is 0.